The molecule has 3 N–H and O–H groups in total. The van der Waals surface area contributed by atoms with E-state index in [4.69, 9.17) is 26.2 Å². The van der Waals surface area contributed by atoms with E-state index in [1.165, 1.54) is 19.0 Å². The maximum absolute atomic E-state index is 11.5. The number of hydrogen-bond donors (Lipinski definition) is 3. The average Bonchev–Trinajstić information content (AvgIpc) is 3.81. The Bertz CT molecular complexity index is 2030. The zero-order valence-corrected chi connectivity index (χ0v) is 29.5. The highest BCUT2D eigenvalue weighted by Crippen LogP contribution is 2.38. The van der Waals surface area contributed by atoms with Crippen molar-refractivity contribution in [2.24, 2.45) is 0 Å². The second kappa shape index (κ2) is 16.5. The first-order valence-corrected chi connectivity index (χ1v) is 17.5. The lowest BCUT2D eigenvalue weighted by molar-refractivity contribution is -0.140. The van der Waals surface area contributed by atoms with Crippen LogP contribution in [0.4, 0.5) is 0 Å². The van der Waals surface area contributed by atoms with E-state index < -0.39 is 18.6 Å². The SMILES string of the molecule is N#Cc1cncc(COc2cc(OCc3cccc(-c4cccc5c4cnn5CCN4CCCC4)c3Br)c(Cl)cc2CNC(CO)C(=O)O)c1. The fourth-order valence-corrected chi connectivity index (χ4v) is 6.86. The van der Waals surface area contributed by atoms with Crippen LogP contribution in [0.15, 0.2) is 77.7 Å². The quantitative estimate of drug-likeness (QED) is 0.113. The molecule has 0 radical (unpaired) electrons. The van der Waals surface area contributed by atoms with Gasteiger partial charge < -0.3 is 24.6 Å². The van der Waals surface area contributed by atoms with Gasteiger partial charge in [-0.3, -0.25) is 19.8 Å². The zero-order valence-electron chi connectivity index (χ0n) is 27.2. The Labute approximate surface area is 303 Å². The van der Waals surface area contributed by atoms with Gasteiger partial charge in [-0.1, -0.05) is 41.9 Å². The van der Waals surface area contributed by atoms with Gasteiger partial charge in [0.15, 0.2) is 0 Å². The van der Waals surface area contributed by atoms with Crippen molar-refractivity contribution >= 4 is 44.4 Å². The monoisotopic (exact) mass is 758 g/mol. The lowest BCUT2D eigenvalue weighted by Gasteiger charge is -2.18. The molecule has 3 aromatic carbocycles. The van der Waals surface area contributed by atoms with Gasteiger partial charge in [0.05, 0.1) is 35.5 Å². The first kappa shape index (κ1) is 35.3. The molecule has 2 aromatic heterocycles. The predicted molar refractivity (Wildman–Crippen MR) is 193 cm³/mol. The Morgan fingerprint density at radius 2 is 1.78 bits per heavy atom. The van der Waals surface area contributed by atoms with Crippen molar-refractivity contribution in [2.75, 3.05) is 26.2 Å². The van der Waals surface area contributed by atoms with E-state index in [2.05, 4.69) is 66.1 Å². The van der Waals surface area contributed by atoms with Crippen LogP contribution < -0.4 is 14.8 Å². The molecule has 0 saturated carbocycles. The minimum Gasteiger partial charge on any atom is -0.488 e. The molecule has 0 aliphatic carbocycles. The van der Waals surface area contributed by atoms with Crippen LogP contribution in [0.2, 0.25) is 5.02 Å². The minimum absolute atomic E-state index is 0.0529. The van der Waals surface area contributed by atoms with E-state index in [-0.39, 0.29) is 19.8 Å². The van der Waals surface area contributed by atoms with Crippen molar-refractivity contribution in [1.82, 2.24) is 25.0 Å². The minimum atomic E-state index is -1.18. The molecule has 5 aromatic rings. The number of aromatic nitrogens is 3. The lowest BCUT2D eigenvalue weighted by Crippen LogP contribution is -2.39. The van der Waals surface area contributed by atoms with Gasteiger partial charge >= 0.3 is 5.97 Å². The van der Waals surface area contributed by atoms with Crippen LogP contribution >= 0.6 is 27.5 Å². The zero-order chi connectivity index (χ0) is 35.0. The second-order valence-corrected chi connectivity index (χ2v) is 13.2. The van der Waals surface area contributed by atoms with E-state index >= 15 is 0 Å². The molecule has 6 rings (SSSR count). The highest BCUT2D eigenvalue weighted by Gasteiger charge is 2.19. The van der Waals surface area contributed by atoms with Crippen molar-refractivity contribution in [2.45, 2.75) is 45.2 Å². The van der Waals surface area contributed by atoms with Crippen molar-refractivity contribution in [3.8, 4) is 28.7 Å². The molecule has 0 spiro atoms. The standard InChI is InChI=1S/C37H36BrClN6O5/c38-36-26(5-3-7-29(36)28-6-4-8-33-30(28)20-43-45(33)12-11-44-9-1-2-10-44)23-50-35-15-34(49-22-25-13-24(16-40)17-41-18-25)27(14-31(35)39)19-42-32(21-46)37(47)48/h3-8,13-15,17-18,20,32,42,46H,1-2,9-12,19,21-23H2,(H,47,48). The van der Waals surface area contributed by atoms with Crippen LogP contribution in [0.25, 0.3) is 22.0 Å². The largest absolute Gasteiger partial charge is 0.488 e. The molecule has 1 fully saturated rings. The fourth-order valence-electron chi connectivity index (χ4n) is 6.02. The number of ether oxygens (including phenoxy) is 2. The number of carbonyl (C=O) groups is 1. The third-order valence-electron chi connectivity index (χ3n) is 8.72. The van der Waals surface area contributed by atoms with Crippen LogP contribution in [0.5, 0.6) is 11.5 Å². The third-order valence-corrected chi connectivity index (χ3v) is 9.95. The molecular formula is C37H36BrClN6O5. The van der Waals surface area contributed by atoms with Crippen LogP contribution in [0.3, 0.4) is 0 Å². The average molecular weight is 760 g/mol. The summed E-state index contributed by atoms with van der Waals surface area (Å²) in [6.45, 7) is 3.88. The lowest BCUT2D eigenvalue weighted by atomic mass is 10.00. The number of halogens is 2. The summed E-state index contributed by atoms with van der Waals surface area (Å²) in [5, 5.41) is 37.0. The summed E-state index contributed by atoms with van der Waals surface area (Å²) in [6, 6.07) is 18.2. The van der Waals surface area contributed by atoms with Crippen molar-refractivity contribution in [3.05, 3.63) is 105 Å². The van der Waals surface area contributed by atoms with Gasteiger partial charge in [-0.05, 0) is 71.2 Å². The van der Waals surface area contributed by atoms with E-state index in [1.54, 1.807) is 24.4 Å². The number of hydrogen-bond acceptors (Lipinski definition) is 9. The summed E-state index contributed by atoms with van der Waals surface area (Å²) in [5.74, 6) is -0.427. The molecule has 1 aliphatic rings. The molecule has 1 unspecified atom stereocenters. The maximum atomic E-state index is 11.5. The van der Waals surface area contributed by atoms with Gasteiger partial charge in [-0.2, -0.15) is 10.4 Å². The summed E-state index contributed by atoms with van der Waals surface area (Å²) in [7, 11) is 0. The molecular weight excluding hydrogens is 724 g/mol. The number of benzene rings is 3. The van der Waals surface area contributed by atoms with E-state index in [1.807, 2.05) is 18.3 Å². The van der Waals surface area contributed by atoms with Gasteiger partial charge in [-0.15, -0.1) is 0 Å². The molecule has 1 atom stereocenters. The van der Waals surface area contributed by atoms with Gasteiger partial charge in [0.1, 0.15) is 36.8 Å². The second-order valence-electron chi connectivity index (χ2n) is 12.0. The first-order valence-electron chi connectivity index (χ1n) is 16.3. The first-order chi connectivity index (χ1) is 24.3. The summed E-state index contributed by atoms with van der Waals surface area (Å²) in [4.78, 5) is 18.1. The number of nitrogens with one attached hydrogen (secondary N) is 1. The van der Waals surface area contributed by atoms with Crippen molar-refractivity contribution in [1.29, 1.82) is 5.26 Å². The predicted octanol–water partition coefficient (Wildman–Crippen LogP) is 6.17. The van der Waals surface area contributed by atoms with Gasteiger partial charge in [0, 0.05) is 58.1 Å². The van der Waals surface area contributed by atoms with Crippen molar-refractivity contribution < 1.29 is 24.5 Å². The Balaban J connectivity index is 1.22. The molecule has 1 saturated heterocycles. The number of nitrogens with zero attached hydrogens (tertiary/aromatic N) is 5. The third kappa shape index (κ3) is 8.26. The Morgan fingerprint density at radius 1 is 1.00 bits per heavy atom. The maximum Gasteiger partial charge on any atom is 0.323 e. The molecule has 50 heavy (non-hydrogen) atoms. The molecule has 3 heterocycles. The summed E-state index contributed by atoms with van der Waals surface area (Å²) < 4.78 is 15.4. The summed E-state index contributed by atoms with van der Waals surface area (Å²) >= 11 is 10.5. The van der Waals surface area contributed by atoms with E-state index in [0.29, 0.717) is 33.2 Å². The van der Waals surface area contributed by atoms with E-state index in [0.717, 1.165) is 58.2 Å². The van der Waals surface area contributed by atoms with Gasteiger partial charge in [0.25, 0.3) is 0 Å². The number of carboxylic acids is 1. The number of carboxylic acid groups (broad SMARTS) is 1. The molecule has 11 nitrogen and oxygen atoms in total. The van der Waals surface area contributed by atoms with E-state index in [9.17, 15) is 20.3 Å². The van der Waals surface area contributed by atoms with Gasteiger partial charge in [0.2, 0.25) is 0 Å². The van der Waals surface area contributed by atoms with Crippen molar-refractivity contribution in [3.63, 3.8) is 0 Å². The molecule has 1 aliphatic heterocycles. The Morgan fingerprint density at radius 3 is 2.56 bits per heavy atom. The normalized spacial score (nSPS) is 13.7. The number of aliphatic hydroxyl groups excluding tert-OH is 1. The summed E-state index contributed by atoms with van der Waals surface area (Å²) in [5.41, 5.74) is 5.69. The molecule has 0 amide bonds. The fraction of sp³-hybridized carbons (Fsp3) is 0.297. The van der Waals surface area contributed by atoms with Crippen LogP contribution in [-0.2, 0) is 31.1 Å². The number of pyridine rings is 1. The highest BCUT2D eigenvalue weighted by molar-refractivity contribution is 9.10. The summed E-state index contributed by atoms with van der Waals surface area (Å²) in [6.07, 6.45) is 7.53. The van der Waals surface area contributed by atoms with Crippen LogP contribution in [-0.4, -0.2) is 68.1 Å². The number of nitriles is 1. The molecule has 13 heteroatoms. The van der Waals surface area contributed by atoms with Crippen LogP contribution in [0.1, 0.15) is 35.1 Å². The molecule has 258 valence electrons. The molecule has 0 bridgehead atoms. The number of rotatable bonds is 15. The van der Waals surface area contributed by atoms with Crippen LogP contribution in [0, 0.1) is 11.3 Å². The number of aliphatic carboxylic acids is 1. The topological polar surface area (TPSA) is 146 Å². The number of likely N-dealkylation sites (tertiary alicyclic amines) is 1. The Kier molecular flexibility index (Phi) is 11.6. The Hall–Kier alpha value is -4.51. The highest BCUT2D eigenvalue weighted by atomic mass is 79.9. The number of aliphatic hydroxyl groups is 1. The number of fused-ring (bicyclic) bond motifs is 1. The smallest absolute Gasteiger partial charge is 0.323 e. The van der Waals surface area contributed by atoms with Gasteiger partial charge in [-0.25, -0.2) is 0 Å².